The van der Waals surface area contributed by atoms with Crippen LogP contribution in [0.3, 0.4) is 0 Å². The lowest BCUT2D eigenvalue weighted by atomic mass is 10.2. The molecule has 0 N–H and O–H groups in total. The number of methoxy groups -OCH3 is 1. The van der Waals surface area contributed by atoms with E-state index in [0.717, 1.165) is 11.3 Å². The topological polar surface area (TPSA) is 35.5 Å². The van der Waals surface area contributed by atoms with Crippen molar-refractivity contribution in [3.05, 3.63) is 23.8 Å². The Labute approximate surface area is 93.9 Å². The summed E-state index contributed by atoms with van der Waals surface area (Å²) in [6.07, 6.45) is 0. The van der Waals surface area contributed by atoms with Gasteiger partial charge in [0.2, 0.25) is 0 Å². The summed E-state index contributed by atoms with van der Waals surface area (Å²) in [7, 11) is 1.61. The van der Waals surface area contributed by atoms with Gasteiger partial charge in [-0.15, -0.1) is 11.6 Å². The predicted octanol–water partition coefficient (Wildman–Crippen LogP) is 2.19. The molecule has 0 radical (unpaired) electrons. The molecule has 0 aliphatic heterocycles. The first-order valence-corrected chi connectivity index (χ1v) is 5.06. The van der Waals surface area contributed by atoms with Gasteiger partial charge in [-0.25, -0.2) is 0 Å². The van der Waals surface area contributed by atoms with Gasteiger partial charge in [-0.05, 0) is 30.7 Å². The Kier molecular flexibility index (Phi) is 4.43. The second-order valence-electron chi connectivity index (χ2n) is 3.09. The van der Waals surface area contributed by atoms with Crippen molar-refractivity contribution >= 4 is 17.4 Å². The monoisotopic (exact) mass is 228 g/mol. The van der Waals surface area contributed by atoms with Crippen LogP contribution in [0.25, 0.3) is 0 Å². The Bertz CT molecular complexity index is 350. The maximum absolute atomic E-state index is 10.9. The van der Waals surface area contributed by atoms with Crippen LogP contribution in [0.4, 0.5) is 0 Å². The summed E-state index contributed by atoms with van der Waals surface area (Å²) in [5.41, 5.74) is 0.966. The highest BCUT2D eigenvalue weighted by Crippen LogP contribution is 2.22. The van der Waals surface area contributed by atoms with Crippen LogP contribution in [0.1, 0.15) is 5.56 Å². The number of benzene rings is 1. The zero-order chi connectivity index (χ0) is 11.3. The molecule has 1 rings (SSSR count). The summed E-state index contributed by atoms with van der Waals surface area (Å²) in [6, 6.07) is 5.38. The molecule has 3 nitrogen and oxygen atoms in total. The maximum atomic E-state index is 10.9. The van der Waals surface area contributed by atoms with Gasteiger partial charge in [0.15, 0.2) is 5.78 Å². The van der Waals surface area contributed by atoms with Crippen LogP contribution in [0.2, 0.25) is 0 Å². The zero-order valence-corrected chi connectivity index (χ0v) is 9.50. The molecule has 0 bridgehead atoms. The van der Waals surface area contributed by atoms with E-state index in [4.69, 9.17) is 21.1 Å². The van der Waals surface area contributed by atoms with E-state index in [2.05, 4.69) is 0 Å². The van der Waals surface area contributed by atoms with Crippen molar-refractivity contribution in [1.29, 1.82) is 0 Å². The van der Waals surface area contributed by atoms with Crippen molar-refractivity contribution < 1.29 is 14.3 Å². The highest BCUT2D eigenvalue weighted by molar-refractivity contribution is 6.27. The first-order valence-electron chi connectivity index (χ1n) is 4.52. The van der Waals surface area contributed by atoms with Crippen LogP contribution in [0.5, 0.6) is 11.5 Å². The van der Waals surface area contributed by atoms with E-state index in [9.17, 15) is 4.79 Å². The molecule has 0 saturated carbocycles. The lowest BCUT2D eigenvalue weighted by Gasteiger charge is -2.08. The molecule has 0 unspecified atom stereocenters. The summed E-state index contributed by atoms with van der Waals surface area (Å²) in [4.78, 5) is 10.9. The normalized spacial score (nSPS) is 9.80. The number of ketones is 1. The fourth-order valence-corrected chi connectivity index (χ4v) is 1.22. The smallest absolute Gasteiger partial charge is 0.184 e. The second kappa shape index (κ2) is 5.61. The van der Waals surface area contributed by atoms with Gasteiger partial charge in [0.1, 0.15) is 18.1 Å². The van der Waals surface area contributed by atoms with Crippen molar-refractivity contribution in [1.82, 2.24) is 0 Å². The van der Waals surface area contributed by atoms with E-state index < -0.39 is 0 Å². The molecule has 0 heterocycles. The van der Waals surface area contributed by atoms with Gasteiger partial charge in [-0.3, -0.25) is 4.79 Å². The van der Waals surface area contributed by atoms with Crippen molar-refractivity contribution in [2.24, 2.45) is 0 Å². The standard InChI is InChI=1S/C11H13ClO3/c1-8-5-10(3-4-11(8)14-2)15-7-9(13)6-12/h3-5H,6-7H2,1-2H3. The lowest BCUT2D eigenvalue weighted by molar-refractivity contribution is -0.118. The van der Waals surface area contributed by atoms with E-state index in [0.29, 0.717) is 5.75 Å². The quantitative estimate of drug-likeness (QED) is 0.725. The Morgan fingerprint density at radius 3 is 2.73 bits per heavy atom. The maximum Gasteiger partial charge on any atom is 0.184 e. The van der Waals surface area contributed by atoms with Crippen LogP contribution in [-0.2, 0) is 4.79 Å². The van der Waals surface area contributed by atoms with E-state index in [1.165, 1.54) is 0 Å². The summed E-state index contributed by atoms with van der Waals surface area (Å²) >= 11 is 5.35. The minimum Gasteiger partial charge on any atom is -0.496 e. The highest BCUT2D eigenvalue weighted by atomic mass is 35.5. The number of carbonyl (C=O) groups excluding carboxylic acids is 1. The van der Waals surface area contributed by atoms with Gasteiger partial charge in [0.25, 0.3) is 0 Å². The summed E-state index contributed by atoms with van der Waals surface area (Å²) in [6.45, 7) is 1.92. The first kappa shape index (κ1) is 11.9. The third kappa shape index (κ3) is 3.44. The Balaban J connectivity index is 2.63. The van der Waals surface area contributed by atoms with Gasteiger partial charge >= 0.3 is 0 Å². The number of ether oxygens (including phenoxy) is 2. The Morgan fingerprint density at radius 1 is 1.47 bits per heavy atom. The molecule has 0 spiro atoms. The summed E-state index contributed by atoms with van der Waals surface area (Å²) in [5, 5.41) is 0. The molecule has 0 atom stereocenters. The van der Waals surface area contributed by atoms with Crippen molar-refractivity contribution in [2.45, 2.75) is 6.92 Å². The molecule has 15 heavy (non-hydrogen) atoms. The molecule has 1 aromatic rings. The molecule has 82 valence electrons. The summed E-state index contributed by atoms with van der Waals surface area (Å²) < 4.78 is 10.4. The van der Waals surface area contributed by atoms with Gasteiger partial charge in [-0.2, -0.15) is 0 Å². The SMILES string of the molecule is COc1ccc(OCC(=O)CCl)cc1C. The molecule has 1 aromatic carbocycles. The number of Topliss-reactive ketones (excluding diaryl/α,β-unsaturated/α-hetero) is 1. The fraction of sp³-hybridized carbons (Fsp3) is 0.364. The third-order valence-corrected chi connectivity index (χ3v) is 2.21. The highest BCUT2D eigenvalue weighted by Gasteiger charge is 2.03. The van der Waals surface area contributed by atoms with Crippen LogP contribution < -0.4 is 9.47 Å². The molecule has 0 aliphatic rings. The Morgan fingerprint density at radius 2 is 2.20 bits per heavy atom. The van der Waals surface area contributed by atoms with E-state index in [1.807, 2.05) is 13.0 Å². The van der Waals surface area contributed by atoms with Crippen LogP contribution in [-0.4, -0.2) is 25.4 Å². The van der Waals surface area contributed by atoms with E-state index in [-0.39, 0.29) is 18.3 Å². The third-order valence-electron chi connectivity index (χ3n) is 1.92. The lowest BCUT2D eigenvalue weighted by Crippen LogP contribution is -2.12. The number of aryl methyl sites for hydroxylation is 1. The van der Waals surface area contributed by atoms with Crippen LogP contribution in [0, 0.1) is 6.92 Å². The molecule has 0 amide bonds. The molecule has 0 saturated heterocycles. The van der Waals surface area contributed by atoms with Gasteiger partial charge in [0, 0.05) is 0 Å². The first-order chi connectivity index (χ1) is 7.17. The van der Waals surface area contributed by atoms with Crippen molar-refractivity contribution in [2.75, 3.05) is 19.6 Å². The zero-order valence-electron chi connectivity index (χ0n) is 8.75. The number of rotatable bonds is 5. The largest absolute Gasteiger partial charge is 0.496 e. The van der Waals surface area contributed by atoms with Gasteiger partial charge in [-0.1, -0.05) is 0 Å². The number of carbonyl (C=O) groups is 1. The second-order valence-corrected chi connectivity index (χ2v) is 3.36. The van der Waals surface area contributed by atoms with Crippen molar-refractivity contribution in [3.63, 3.8) is 0 Å². The van der Waals surface area contributed by atoms with Gasteiger partial charge in [0.05, 0.1) is 13.0 Å². The number of alkyl halides is 1. The average molecular weight is 229 g/mol. The fourth-order valence-electron chi connectivity index (χ4n) is 1.14. The molecular weight excluding hydrogens is 216 g/mol. The molecule has 0 aromatic heterocycles. The van der Waals surface area contributed by atoms with Crippen LogP contribution in [0.15, 0.2) is 18.2 Å². The minimum absolute atomic E-state index is 0.00920. The number of halogens is 1. The van der Waals surface area contributed by atoms with Crippen molar-refractivity contribution in [3.8, 4) is 11.5 Å². The molecular formula is C11H13ClO3. The number of hydrogen-bond donors (Lipinski definition) is 0. The molecule has 0 fully saturated rings. The van der Waals surface area contributed by atoms with E-state index >= 15 is 0 Å². The average Bonchev–Trinajstić information content (AvgIpc) is 2.26. The molecule has 0 aliphatic carbocycles. The predicted molar refractivity (Wildman–Crippen MR) is 59.0 cm³/mol. The summed E-state index contributed by atoms with van der Waals surface area (Å²) in [5.74, 6) is 1.29. The van der Waals surface area contributed by atoms with Crippen LogP contribution >= 0.6 is 11.6 Å². The minimum atomic E-state index is -0.134. The van der Waals surface area contributed by atoms with E-state index in [1.54, 1.807) is 19.2 Å². The Hall–Kier alpha value is -1.22. The molecule has 4 heteroatoms. The number of hydrogen-bond acceptors (Lipinski definition) is 3. The van der Waals surface area contributed by atoms with Gasteiger partial charge < -0.3 is 9.47 Å².